The lowest BCUT2D eigenvalue weighted by Gasteiger charge is -2.10. The molecule has 2 atom stereocenters. The summed E-state index contributed by atoms with van der Waals surface area (Å²) < 4.78 is 0. The van der Waals surface area contributed by atoms with Crippen LogP contribution in [0.4, 0.5) is 0 Å². The van der Waals surface area contributed by atoms with Crippen molar-refractivity contribution in [1.29, 1.82) is 0 Å². The van der Waals surface area contributed by atoms with Crippen molar-refractivity contribution in [2.75, 3.05) is 0 Å². The molecular weight excluding hydrogens is 136 g/mol. The molecule has 0 aromatic carbocycles. The average Bonchev–Trinajstić information content (AvgIpc) is 2.09. The van der Waals surface area contributed by atoms with E-state index in [0.717, 1.165) is 19.3 Å². The first-order valence-electron chi connectivity index (χ1n) is 4.62. The van der Waals surface area contributed by atoms with Crippen LogP contribution >= 0.6 is 0 Å². The molecule has 0 N–H and O–H groups in total. The molecule has 0 aromatic heterocycles. The SMILES string of the molecule is CC(C)CC1CC(C)CC1=O. The minimum absolute atomic E-state index is 0.394. The van der Waals surface area contributed by atoms with Crippen molar-refractivity contribution in [3.63, 3.8) is 0 Å². The molecule has 11 heavy (non-hydrogen) atoms. The van der Waals surface area contributed by atoms with E-state index in [9.17, 15) is 4.79 Å². The maximum atomic E-state index is 11.3. The van der Waals surface area contributed by atoms with Crippen molar-refractivity contribution >= 4 is 5.78 Å². The first-order chi connectivity index (χ1) is 5.09. The van der Waals surface area contributed by atoms with Crippen molar-refractivity contribution in [3.8, 4) is 0 Å². The summed E-state index contributed by atoms with van der Waals surface area (Å²) in [6, 6.07) is 0. The number of ketones is 1. The third-order valence-corrected chi connectivity index (χ3v) is 2.45. The van der Waals surface area contributed by atoms with Gasteiger partial charge < -0.3 is 0 Å². The van der Waals surface area contributed by atoms with E-state index >= 15 is 0 Å². The Bertz CT molecular complexity index is 149. The van der Waals surface area contributed by atoms with Gasteiger partial charge in [-0.3, -0.25) is 4.79 Å². The van der Waals surface area contributed by atoms with Gasteiger partial charge in [-0.2, -0.15) is 0 Å². The van der Waals surface area contributed by atoms with Gasteiger partial charge in [-0.15, -0.1) is 0 Å². The minimum Gasteiger partial charge on any atom is -0.299 e. The van der Waals surface area contributed by atoms with Gasteiger partial charge in [0.25, 0.3) is 0 Å². The van der Waals surface area contributed by atoms with Gasteiger partial charge >= 0.3 is 0 Å². The Morgan fingerprint density at radius 3 is 2.55 bits per heavy atom. The topological polar surface area (TPSA) is 17.1 Å². The number of rotatable bonds is 2. The largest absolute Gasteiger partial charge is 0.299 e. The normalized spacial score (nSPS) is 31.8. The molecule has 1 saturated carbocycles. The van der Waals surface area contributed by atoms with Crippen LogP contribution in [0.1, 0.15) is 40.0 Å². The number of hydrogen-bond donors (Lipinski definition) is 0. The van der Waals surface area contributed by atoms with Crippen LogP contribution in [-0.2, 0) is 4.79 Å². The van der Waals surface area contributed by atoms with Crippen molar-refractivity contribution in [3.05, 3.63) is 0 Å². The standard InChI is InChI=1S/C10H18O/c1-7(2)4-9-5-8(3)6-10(9)11/h7-9H,4-6H2,1-3H3. The van der Waals surface area contributed by atoms with E-state index in [1.165, 1.54) is 0 Å². The van der Waals surface area contributed by atoms with Gasteiger partial charge in [-0.25, -0.2) is 0 Å². The molecule has 0 aliphatic heterocycles. The Labute approximate surface area is 69.2 Å². The molecule has 1 nitrogen and oxygen atoms in total. The second kappa shape index (κ2) is 3.38. The van der Waals surface area contributed by atoms with E-state index in [1.807, 2.05) is 0 Å². The van der Waals surface area contributed by atoms with Gasteiger partial charge in [0.05, 0.1) is 0 Å². The molecule has 1 fully saturated rings. The third kappa shape index (κ3) is 2.32. The van der Waals surface area contributed by atoms with Crippen LogP contribution < -0.4 is 0 Å². The highest BCUT2D eigenvalue weighted by Gasteiger charge is 2.29. The number of carbonyl (C=O) groups excluding carboxylic acids is 1. The molecule has 0 spiro atoms. The Morgan fingerprint density at radius 2 is 2.18 bits per heavy atom. The van der Waals surface area contributed by atoms with Crippen LogP contribution in [0.2, 0.25) is 0 Å². The molecule has 64 valence electrons. The van der Waals surface area contributed by atoms with E-state index in [2.05, 4.69) is 20.8 Å². The van der Waals surface area contributed by atoms with E-state index in [4.69, 9.17) is 0 Å². The predicted molar refractivity (Wildman–Crippen MR) is 46.4 cm³/mol. The Hall–Kier alpha value is -0.330. The maximum Gasteiger partial charge on any atom is 0.136 e. The summed E-state index contributed by atoms with van der Waals surface area (Å²) in [4.78, 5) is 11.3. The second-order valence-electron chi connectivity index (χ2n) is 4.34. The van der Waals surface area contributed by atoms with Crippen molar-refractivity contribution in [2.24, 2.45) is 17.8 Å². The van der Waals surface area contributed by atoms with Gasteiger partial charge in [0.1, 0.15) is 5.78 Å². The molecule has 0 aromatic rings. The Morgan fingerprint density at radius 1 is 1.55 bits per heavy atom. The van der Waals surface area contributed by atoms with Crippen LogP contribution in [0.3, 0.4) is 0 Å². The van der Waals surface area contributed by atoms with Crippen LogP contribution in [0, 0.1) is 17.8 Å². The summed E-state index contributed by atoms with van der Waals surface area (Å²) >= 11 is 0. The van der Waals surface area contributed by atoms with Crippen molar-refractivity contribution in [1.82, 2.24) is 0 Å². The first kappa shape index (κ1) is 8.76. The average molecular weight is 154 g/mol. The zero-order valence-corrected chi connectivity index (χ0v) is 7.76. The second-order valence-corrected chi connectivity index (χ2v) is 4.34. The van der Waals surface area contributed by atoms with Crippen LogP contribution in [-0.4, -0.2) is 5.78 Å². The molecule has 0 bridgehead atoms. The molecule has 1 heteroatoms. The fraction of sp³-hybridized carbons (Fsp3) is 0.900. The van der Waals surface area contributed by atoms with Gasteiger partial charge in [-0.1, -0.05) is 20.8 Å². The smallest absolute Gasteiger partial charge is 0.136 e. The van der Waals surface area contributed by atoms with Gasteiger partial charge in [-0.05, 0) is 24.7 Å². The zero-order chi connectivity index (χ0) is 8.43. The molecule has 0 radical (unpaired) electrons. The highest BCUT2D eigenvalue weighted by atomic mass is 16.1. The van der Waals surface area contributed by atoms with Gasteiger partial charge in [0.2, 0.25) is 0 Å². The number of carbonyl (C=O) groups is 1. The summed E-state index contributed by atoms with van der Waals surface area (Å²) in [6.07, 6.45) is 3.07. The minimum atomic E-state index is 0.394. The highest BCUT2D eigenvalue weighted by Crippen LogP contribution is 2.31. The third-order valence-electron chi connectivity index (χ3n) is 2.45. The molecule has 0 saturated heterocycles. The fourth-order valence-electron chi connectivity index (χ4n) is 2.01. The molecule has 0 amide bonds. The van der Waals surface area contributed by atoms with Crippen LogP contribution in [0.5, 0.6) is 0 Å². The van der Waals surface area contributed by atoms with E-state index in [1.54, 1.807) is 0 Å². The first-order valence-corrected chi connectivity index (χ1v) is 4.62. The predicted octanol–water partition coefficient (Wildman–Crippen LogP) is 2.65. The summed E-state index contributed by atoms with van der Waals surface area (Å²) in [7, 11) is 0. The quantitative estimate of drug-likeness (QED) is 0.597. The Kier molecular flexibility index (Phi) is 2.69. The zero-order valence-electron chi connectivity index (χ0n) is 7.76. The van der Waals surface area contributed by atoms with Gasteiger partial charge in [0, 0.05) is 12.3 Å². The molecular formula is C10H18O. The van der Waals surface area contributed by atoms with E-state index in [-0.39, 0.29) is 0 Å². The van der Waals surface area contributed by atoms with Gasteiger partial charge in [0.15, 0.2) is 0 Å². The number of Topliss-reactive ketones (excluding diaryl/α,β-unsaturated/α-hetero) is 1. The summed E-state index contributed by atoms with van der Waals surface area (Å²) in [5.74, 6) is 2.22. The lowest BCUT2D eigenvalue weighted by Crippen LogP contribution is -2.08. The van der Waals surface area contributed by atoms with Crippen molar-refractivity contribution in [2.45, 2.75) is 40.0 Å². The summed E-state index contributed by atoms with van der Waals surface area (Å²) in [5.41, 5.74) is 0. The lowest BCUT2D eigenvalue weighted by molar-refractivity contribution is -0.121. The van der Waals surface area contributed by atoms with E-state index < -0.39 is 0 Å². The highest BCUT2D eigenvalue weighted by molar-refractivity contribution is 5.83. The van der Waals surface area contributed by atoms with Crippen LogP contribution in [0.15, 0.2) is 0 Å². The summed E-state index contributed by atoms with van der Waals surface area (Å²) in [6.45, 7) is 6.56. The van der Waals surface area contributed by atoms with E-state index in [0.29, 0.717) is 23.5 Å². The molecule has 0 heterocycles. The molecule has 2 unspecified atom stereocenters. The molecule has 1 rings (SSSR count). The molecule has 1 aliphatic carbocycles. The lowest BCUT2D eigenvalue weighted by atomic mass is 9.94. The fourth-order valence-corrected chi connectivity index (χ4v) is 2.01. The van der Waals surface area contributed by atoms with Crippen LogP contribution in [0.25, 0.3) is 0 Å². The summed E-state index contributed by atoms with van der Waals surface area (Å²) in [5, 5.41) is 0. The Balaban J connectivity index is 2.41. The monoisotopic (exact) mass is 154 g/mol. The van der Waals surface area contributed by atoms with Crippen molar-refractivity contribution < 1.29 is 4.79 Å². The maximum absolute atomic E-state index is 11.3. The number of hydrogen-bond acceptors (Lipinski definition) is 1. The molecule has 1 aliphatic rings.